The van der Waals surface area contributed by atoms with Crippen LogP contribution in [-0.4, -0.2) is 25.2 Å². The van der Waals surface area contributed by atoms with E-state index >= 15 is 0 Å². The van der Waals surface area contributed by atoms with Gasteiger partial charge in [-0.1, -0.05) is 12.1 Å². The third kappa shape index (κ3) is 4.06. The summed E-state index contributed by atoms with van der Waals surface area (Å²) in [7, 11) is 0. The molecule has 7 heteroatoms. The number of aromatic nitrogens is 4. The molecular formula is C21H26N6O. The maximum absolute atomic E-state index is 12.4. The molecule has 0 aliphatic rings. The van der Waals surface area contributed by atoms with Crippen LogP contribution in [0.3, 0.4) is 0 Å². The van der Waals surface area contributed by atoms with E-state index in [0.29, 0.717) is 32.4 Å². The Hall–Kier alpha value is -3.14. The monoisotopic (exact) mass is 378 g/mol. The maximum Gasteiger partial charge on any atom is 0.220 e. The minimum atomic E-state index is -0.00159. The normalized spacial score (nSPS) is 10.9. The van der Waals surface area contributed by atoms with E-state index in [9.17, 15) is 4.79 Å². The van der Waals surface area contributed by atoms with E-state index in [-0.39, 0.29) is 5.91 Å². The Morgan fingerprint density at radius 3 is 2.82 bits per heavy atom. The topological polar surface area (TPSA) is 88.5 Å². The van der Waals surface area contributed by atoms with Crippen molar-refractivity contribution in [2.75, 3.05) is 0 Å². The average molecular weight is 378 g/mol. The van der Waals surface area contributed by atoms with Crippen molar-refractivity contribution in [2.45, 2.75) is 59.7 Å². The molecule has 0 bridgehead atoms. The highest BCUT2D eigenvalue weighted by atomic mass is 16.1. The minimum Gasteiger partial charge on any atom is -0.349 e. The number of benzene rings is 1. The van der Waals surface area contributed by atoms with Gasteiger partial charge in [0.1, 0.15) is 5.82 Å². The molecule has 146 valence electrons. The number of imidazole rings is 1. The molecule has 0 fully saturated rings. The molecule has 3 rings (SSSR count). The zero-order chi connectivity index (χ0) is 20.1. The van der Waals surface area contributed by atoms with Crippen molar-refractivity contribution in [1.82, 2.24) is 24.6 Å². The van der Waals surface area contributed by atoms with Gasteiger partial charge in [-0.15, -0.1) is 0 Å². The summed E-state index contributed by atoms with van der Waals surface area (Å²) in [5, 5.41) is 16.2. The van der Waals surface area contributed by atoms with Crippen LogP contribution in [0.2, 0.25) is 0 Å². The van der Waals surface area contributed by atoms with Gasteiger partial charge in [0.15, 0.2) is 0 Å². The van der Waals surface area contributed by atoms with Gasteiger partial charge in [-0.2, -0.15) is 10.4 Å². The van der Waals surface area contributed by atoms with Crippen LogP contribution in [0, 0.1) is 25.2 Å². The number of para-hydroxylation sites is 2. The van der Waals surface area contributed by atoms with Gasteiger partial charge in [0.25, 0.3) is 0 Å². The molecule has 0 saturated heterocycles. The standard InChI is InChI=1S/C21H26N6O/c1-4-26-19-9-6-5-8-18(19)24-20(26)14-23-21(28)11-10-17-15(2)25-27(16(17)3)13-7-12-22/h5-6,8-9H,4,7,10-11,13-14H2,1-3H3,(H,23,28). The number of hydrogen-bond donors (Lipinski definition) is 1. The van der Waals surface area contributed by atoms with E-state index < -0.39 is 0 Å². The first-order valence-electron chi connectivity index (χ1n) is 9.65. The predicted octanol–water partition coefficient (Wildman–Crippen LogP) is 3.03. The largest absolute Gasteiger partial charge is 0.349 e. The van der Waals surface area contributed by atoms with Crippen molar-refractivity contribution < 1.29 is 4.79 Å². The molecule has 0 radical (unpaired) electrons. The van der Waals surface area contributed by atoms with Gasteiger partial charge >= 0.3 is 0 Å². The smallest absolute Gasteiger partial charge is 0.220 e. The van der Waals surface area contributed by atoms with Crippen LogP contribution in [0.1, 0.15) is 42.5 Å². The lowest BCUT2D eigenvalue weighted by Crippen LogP contribution is -2.25. The summed E-state index contributed by atoms with van der Waals surface area (Å²) >= 11 is 0. The van der Waals surface area contributed by atoms with Crippen molar-refractivity contribution in [3.63, 3.8) is 0 Å². The first-order chi connectivity index (χ1) is 13.5. The number of rotatable bonds is 8. The average Bonchev–Trinajstić information content (AvgIpc) is 3.19. The van der Waals surface area contributed by atoms with Crippen LogP contribution in [-0.2, 0) is 30.8 Å². The van der Waals surface area contributed by atoms with Gasteiger partial charge in [0.05, 0.1) is 42.3 Å². The molecule has 28 heavy (non-hydrogen) atoms. The molecule has 0 aliphatic carbocycles. The van der Waals surface area contributed by atoms with Crippen LogP contribution in [0.25, 0.3) is 11.0 Å². The maximum atomic E-state index is 12.4. The molecule has 0 aliphatic heterocycles. The zero-order valence-electron chi connectivity index (χ0n) is 16.7. The van der Waals surface area contributed by atoms with Crippen molar-refractivity contribution in [3.8, 4) is 6.07 Å². The number of nitrogens with one attached hydrogen (secondary N) is 1. The van der Waals surface area contributed by atoms with E-state index in [0.717, 1.165) is 40.4 Å². The third-order valence-electron chi connectivity index (χ3n) is 5.06. The summed E-state index contributed by atoms with van der Waals surface area (Å²) in [4.78, 5) is 17.0. The summed E-state index contributed by atoms with van der Waals surface area (Å²) in [5.41, 5.74) is 5.09. The Balaban J connectivity index is 1.60. The van der Waals surface area contributed by atoms with Gasteiger partial charge < -0.3 is 9.88 Å². The number of amides is 1. The SMILES string of the molecule is CCn1c(CNC(=O)CCc2c(C)nn(CCC#N)c2C)nc2ccccc21. The molecular weight excluding hydrogens is 352 g/mol. The Morgan fingerprint density at radius 2 is 2.07 bits per heavy atom. The van der Waals surface area contributed by atoms with Crippen LogP contribution >= 0.6 is 0 Å². The van der Waals surface area contributed by atoms with Crippen LogP contribution < -0.4 is 5.32 Å². The first kappa shape index (κ1) is 19.6. The van der Waals surface area contributed by atoms with E-state index in [1.807, 2.05) is 42.8 Å². The van der Waals surface area contributed by atoms with E-state index in [1.54, 1.807) is 0 Å². The molecule has 0 spiro atoms. The summed E-state index contributed by atoms with van der Waals surface area (Å²) in [6.07, 6.45) is 1.47. The number of nitrogens with zero attached hydrogens (tertiary/aromatic N) is 5. The molecule has 1 amide bonds. The molecule has 1 aromatic carbocycles. The van der Waals surface area contributed by atoms with Crippen molar-refractivity contribution >= 4 is 16.9 Å². The Morgan fingerprint density at radius 1 is 1.29 bits per heavy atom. The Kier molecular flexibility index (Phi) is 6.09. The number of carbonyl (C=O) groups is 1. The molecule has 1 N–H and O–H groups in total. The molecule has 0 unspecified atom stereocenters. The molecule has 0 atom stereocenters. The number of fused-ring (bicyclic) bond motifs is 1. The zero-order valence-corrected chi connectivity index (χ0v) is 16.7. The van der Waals surface area contributed by atoms with E-state index in [4.69, 9.17) is 5.26 Å². The fourth-order valence-corrected chi connectivity index (χ4v) is 3.59. The van der Waals surface area contributed by atoms with Crippen LogP contribution in [0.4, 0.5) is 0 Å². The molecule has 2 aromatic heterocycles. The van der Waals surface area contributed by atoms with E-state index in [2.05, 4.69) is 33.0 Å². The fourth-order valence-electron chi connectivity index (χ4n) is 3.59. The minimum absolute atomic E-state index is 0.00159. The van der Waals surface area contributed by atoms with Crippen molar-refractivity contribution in [3.05, 3.63) is 47.0 Å². The lowest BCUT2D eigenvalue weighted by molar-refractivity contribution is -0.121. The summed E-state index contributed by atoms with van der Waals surface area (Å²) in [6.45, 7) is 7.84. The Bertz CT molecular complexity index is 1020. The highest BCUT2D eigenvalue weighted by molar-refractivity contribution is 5.77. The number of carbonyl (C=O) groups excluding carboxylic acids is 1. The highest BCUT2D eigenvalue weighted by Crippen LogP contribution is 2.17. The third-order valence-corrected chi connectivity index (χ3v) is 5.06. The molecule has 7 nitrogen and oxygen atoms in total. The van der Waals surface area contributed by atoms with Gasteiger partial charge in [-0.05, 0) is 44.9 Å². The van der Waals surface area contributed by atoms with Gasteiger partial charge in [-0.25, -0.2) is 4.98 Å². The summed E-state index contributed by atoms with van der Waals surface area (Å²) in [6, 6.07) is 10.1. The second-order valence-electron chi connectivity index (χ2n) is 6.82. The first-order valence-corrected chi connectivity index (χ1v) is 9.65. The molecule has 3 aromatic rings. The van der Waals surface area contributed by atoms with Crippen LogP contribution in [0.5, 0.6) is 0 Å². The van der Waals surface area contributed by atoms with Crippen LogP contribution in [0.15, 0.2) is 24.3 Å². The predicted molar refractivity (Wildman–Crippen MR) is 108 cm³/mol. The fraction of sp³-hybridized carbons (Fsp3) is 0.429. The lowest BCUT2D eigenvalue weighted by atomic mass is 10.1. The summed E-state index contributed by atoms with van der Waals surface area (Å²) in [5.74, 6) is 0.868. The van der Waals surface area contributed by atoms with E-state index in [1.165, 1.54) is 0 Å². The summed E-state index contributed by atoms with van der Waals surface area (Å²) < 4.78 is 3.98. The van der Waals surface area contributed by atoms with Gasteiger partial charge in [-0.3, -0.25) is 9.48 Å². The van der Waals surface area contributed by atoms with Crippen molar-refractivity contribution in [1.29, 1.82) is 5.26 Å². The quantitative estimate of drug-likeness (QED) is 0.652. The van der Waals surface area contributed by atoms with Gasteiger partial charge in [0.2, 0.25) is 5.91 Å². The second-order valence-corrected chi connectivity index (χ2v) is 6.82. The number of nitriles is 1. The lowest BCUT2D eigenvalue weighted by Gasteiger charge is -2.08. The van der Waals surface area contributed by atoms with Crippen molar-refractivity contribution in [2.24, 2.45) is 0 Å². The number of hydrogen-bond acceptors (Lipinski definition) is 4. The highest BCUT2D eigenvalue weighted by Gasteiger charge is 2.14. The number of aryl methyl sites for hydroxylation is 3. The van der Waals surface area contributed by atoms with Gasteiger partial charge in [0, 0.05) is 18.7 Å². The molecule has 0 saturated carbocycles. The Labute approximate surface area is 165 Å². The second kappa shape index (κ2) is 8.70. The molecule has 2 heterocycles.